The van der Waals surface area contributed by atoms with E-state index in [0.29, 0.717) is 16.5 Å². The van der Waals surface area contributed by atoms with Crippen LogP contribution in [0, 0.1) is 0 Å². The number of benzene rings is 2. The fourth-order valence-electron chi connectivity index (χ4n) is 2.90. The molecule has 0 atom stereocenters. The fraction of sp³-hybridized carbons (Fsp3) is 0.182. The van der Waals surface area contributed by atoms with Crippen molar-refractivity contribution in [1.82, 2.24) is 10.3 Å². The Balaban J connectivity index is 1.91. The molecule has 0 aliphatic carbocycles. The quantitative estimate of drug-likeness (QED) is 0.510. The number of ether oxygens (including phenoxy) is 2. The Morgan fingerprint density at radius 1 is 1.03 bits per heavy atom. The van der Waals surface area contributed by atoms with Crippen LogP contribution in [0.5, 0.6) is 11.5 Å². The molecule has 0 aliphatic rings. The number of aromatic nitrogens is 1. The van der Waals surface area contributed by atoms with Crippen LogP contribution in [0.3, 0.4) is 0 Å². The largest absolute Gasteiger partial charge is 0.493 e. The maximum Gasteiger partial charge on any atom is 0.264 e. The van der Waals surface area contributed by atoms with Crippen molar-refractivity contribution < 1.29 is 22.7 Å². The lowest BCUT2D eigenvalue weighted by molar-refractivity contribution is -0.119. The minimum Gasteiger partial charge on any atom is -0.493 e. The molecule has 0 saturated heterocycles. The van der Waals surface area contributed by atoms with E-state index in [0.717, 1.165) is 4.31 Å². The normalized spacial score (nSPS) is 11.0. The minimum absolute atomic E-state index is 0.0531. The molecule has 0 fully saturated rings. The van der Waals surface area contributed by atoms with Crippen LogP contribution in [0.15, 0.2) is 71.8 Å². The van der Waals surface area contributed by atoms with E-state index in [1.165, 1.54) is 44.6 Å². The molecule has 0 spiro atoms. The lowest BCUT2D eigenvalue weighted by Crippen LogP contribution is -2.40. The maximum absolute atomic E-state index is 13.5. The van der Waals surface area contributed by atoms with Gasteiger partial charge in [-0.2, -0.15) is 0 Å². The summed E-state index contributed by atoms with van der Waals surface area (Å²) in [5.41, 5.74) is 0.943. The number of anilines is 1. The van der Waals surface area contributed by atoms with E-state index >= 15 is 0 Å². The van der Waals surface area contributed by atoms with E-state index in [9.17, 15) is 13.2 Å². The number of nitrogens with one attached hydrogen (secondary N) is 1. The van der Waals surface area contributed by atoms with Gasteiger partial charge >= 0.3 is 0 Å². The molecular weight excluding hydrogens is 454 g/mol. The first-order chi connectivity index (χ1) is 15.3. The fourth-order valence-corrected chi connectivity index (χ4v) is 4.47. The SMILES string of the molecule is COc1ccc(S(=O)(=O)N(CC(=O)NCc2ccccn2)c2ccc(Cl)cc2)cc1OC. The molecule has 0 saturated carbocycles. The number of hydrogen-bond acceptors (Lipinski definition) is 6. The van der Waals surface area contributed by atoms with Gasteiger partial charge in [0.15, 0.2) is 11.5 Å². The number of halogens is 1. The van der Waals surface area contributed by atoms with E-state index < -0.39 is 22.5 Å². The Kier molecular flexibility index (Phi) is 7.55. The zero-order chi connectivity index (χ0) is 23.1. The topological polar surface area (TPSA) is 97.8 Å². The van der Waals surface area contributed by atoms with Crippen molar-refractivity contribution in [1.29, 1.82) is 0 Å². The Labute approximate surface area is 191 Å². The van der Waals surface area contributed by atoms with Crippen molar-refractivity contribution >= 4 is 33.2 Å². The number of methoxy groups -OCH3 is 2. The molecule has 10 heteroatoms. The second kappa shape index (κ2) is 10.3. The summed E-state index contributed by atoms with van der Waals surface area (Å²) in [6.07, 6.45) is 1.61. The summed E-state index contributed by atoms with van der Waals surface area (Å²) in [6.45, 7) is -0.268. The Bertz CT molecular complexity index is 1170. The van der Waals surface area contributed by atoms with Crippen LogP contribution >= 0.6 is 11.6 Å². The van der Waals surface area contributed by atoms with Gasteiger partial charge in [0.25, 0.3) is 10.0 Å². The second-order valence-corrected chi connectivity index (χ2v) is 8.90. The van der Waals surface area contributed by atoms with E-state index in [-0.39, 0.29) is 22.9 Å². The summed E-state index contributed by atoms with van der Waals surface area (Å²) in [5.74, 6) is 0.150. The smallest absolute Gasteiger partial charge is 0.264 e. The van der Waals surface area contributed by atoms with Gasteiger partial charge in [0.05, 0.1) is 37.0 Å². The molecule has 0 radical (unpaired) electrons. The van der Waals surface area contributed by atoms with Gasteiger partial charge in [-0.3, -0.25) is 14.1 Å². The molecule has 1 heterocycles. The maximum atomic E-state index is 13.5. The van der Waals surface area contributed by atoms with Gasteiger partial charge in [0.2, 0.25) is 5.91 Å². The molecule has 32 heavy (non-hydrogen) atoms. The zero-order valence-corrected chi connectivity index (χ0v) is 19.1. The zero-order valence-electron chi connectivity index (χ0n) is 17.5. The van der Waals surface area contributed by atoms with Gasteiger partial charge in [0.1, 0.15) is 6.54 Å². The predicted molar refractivity (Wildman–Crippen MR) is 122 cm³/mol. The highest BCUT2D eigenvalue weighted by molar-refractivity contribution is 7.92. The molecule has 2 aromatic carbocycles. The molecule has 3 aromatic rings. The van der Waals surface area contributed by atoms with Crippen molar-refractivity contribution in [2.24, 2.45) is 0 Å². The highest BCUT2D eigenvalue weighted by atomic mass is 35.5. The molecule has 8 nitrogen and oxygen atoms in total. The van der Waals surface area contributed by atoms with E-state index in [2.05, 4.69) is 10.3 Å². The second-order valence-electron chi connectivity index (χ2n) is 6.60. The molecule has 1 amide bonds. The molecule has 168 valence electrons. The van der Waals surface area contributed by atoms with Gasteiger partial charge in [-0.1, -0.05) is 17.7 Å². The van der Waals surface area contributed by atoms with Gasteiger partial charge in [-0.25, -0.2) is 8.42 Å². The average molecular weight is 476 g/mol. The van der Waals surface area contributed by atoms with Crippen molar-refractivity contribution in [3.8, 4) is 11.5 Å². The number of amides is 1. The number of carbonyl (C=O) groups is 1. The monoisotopic (exact) mass is 475 g/mol. The molecule has 0 bridgehead atoms. The summed E-state index contributed by atoms with van der Waals surface area (Å²) in [7, 11) is -1.26. The average Bonchev–Trinajstić information content (AvgIpc) is 2.82. The summed E-state index contributed by atoms with van der Waals surface area (Å²) in [4.78, 5) is 16.7. The van der Waals surface area contributed by atoms with Gasteiger partial charge in [-0.05, 0) is 48.5 Å². The van der Waals surface area contributed by atoms with Crippen LogP contribution in [-0.4, -0.2) is 40.1 Å². The van der Waals surface area contributed by atoms with Crippen LogP contribution in [0.1, 0.15) is 5.69 Å². The van der Waals surface area contributed by atoms with Gasteiger partial charge < -0.3 is 14.8 Å². The first-order valence-corrected chi connectivity index (χ1v) is 11.3. The molecule has 1 aromatic heterocycles. The lowest BCUT2D eigenvalue weighted by Gasteiger charge is -2.24. The van der Waals surface area contributed by atoms with Crippen molar-refractivity contribution in [3.63, 3.8) is 0 Å². The van der Waals surface area contributed by atoms with Crippen molar-refractivity contribution in [2.45, 2.75) is 11.4 Å². The van der Waals surface area contributed by atoms with Gasteiger partial charge in [-0.15, -0.1) is 0 Å². The van der Waals surface area contributed by atoms with E-state index in [4.69, 9.17) is 21.1 Å². The Morgan fingerprint density at radius 3 is 2.38 bits per heavy atom. The predicted octanol–water partition coefficient (Wildman–Crippen LogP) is 3.26. The minimum atomic E-state index is -4.12. The first-order valence-electron chi connectivity index (χ1n) is 9.52. The number of pyridine rings is 1. The highest BCUT2D eigenvalue weighted by Crippen LogP contribution is 2.32. The number of rotatable bonds is 9. The third-order valence-electron chi connectivity index (χ3n) is 4.54. The third kappa shape index (κ3) is 5.49. The molecular formula is C22H22ClN3O5S. The first kappa shape index (κ1) is 23.4. The van der Waals surface area contributed by atoms with Crippen LogP contribution in [-0.2, 0) is 21.4 Å². The number of nitrogens with zero attached hydrogens (tertiary/aromatic N) is 2. The van der Waals surface area contributed by atoms with Crippen LogP contribution in [0.25, 0.3) is 0 Å². The number of sulfonamides is 1. The standard InChI is InChI=1S/C22H22ClN3O5S/c1-30-20-11-10-19(13-21(20)31-2)32(28,29)26(18-8-6-16(23)7-9-18)15-22(27)25-14-17-5-3-4-12-24-17/h3-13H,14-15H2,1-2H3,(H,25,27). The molecule has 3 rings (SSSR count). The van der Waals surface area contributed by atoms with Crippen LogP contribution < -0.4 is 19.1 Å². The Morgan fingerprint density at radius 2 is 1.75 bits per heavy atom. The summed E-state index contributed by atoms with van der Waals surface area (Å²) >= 11 is 5.96. The molecule has 0 aliphatic heterocycles. The number of hydrogen-bond donors (Lipinski definition) is 1. The molecule has 0 unspecified atom stereocenters. The van der Waals surface area contributed by atoms with E-state index in [1.807, 2.05) is 0 Å². The molecule has 1 N–H and O–H groups in total. The van der Waals surface area contributed by atoms with Crippen LogP contribution in [0.2, 0.25) is 5.02 Å². The highest BCUT2D eigenvalue weighted by Gasteiger charge is 2.28. The van der Waals surface area contributed by atoms with Crippen molar-refractivity contribution in [3.05, 3.63) is 77.6 Å². The van der Waals surface area contributed by atoms with Crippen molar-refractivity contribution in [2.75, 3.05) is 25.1 Å². The summed E-state index contributed by atoms with van der Waals surface area (Å²) < 4.78 is 38.4. The van der Waals surface area contributed by atoms with E-state index in [1.54, 1.807) is 36.5 Å². The van der Waals surface area contributed by atoms with Crippen LogP contribution in [0.4, 0.5) is 5.69 Å². The lowest BCUT2D eigenvalue weighted by atomic mass is 10.3. The van der Waals surface area contributed by atoms with Gasteiger partial charge in [0, 0.05) is 17.3 Å². The third-order valence-corrected chi connectivity index (χ3v) is 6.56. The summed E-state index contributed by atoms with van der Waals surface area (Å²) in [5, 5.41) is 3.14. The number of carbonyl (C=O) groups excluding carboxylic acids is 1. The Hall–Kier alpha value is -3.30. The summed E-state index contributed by atoms with van der Waals surface area (Å²) in [6, 6.07) is 15.7.